The minimum Gasteiger partial charge on any atom is -0.466 e. The Balaban J connectivity index is 3.94. The third-order valence-electron chi connectivity index (χ3n) is 3.70. The first kappa shape index (κ1) is 17.6. The lowest BCUT2D eigenvalue weighted by Crippen LogP contribution is -2.41. The highest BCUT2D eigenvalue weighted by Crippen LogP contribution is 2.36. The van der Waals surface area contributed by atoms with Crippen LogP contribution in [-0.2, 0) is 14.0 Å². The number of carbonyl (C=O) groups is 1. The molecule has 0 aliphatic rings. The zero-order valence-electron chi connectivity index (χ0n) is 13.1. The molecule has 0 aliphatic heterocycles. The third kappa shape index (κ3) is 6.54. The maximum Gasteiger partial charge on any atom is 0.306 e. The largest absolute Gasteiger partial charge is 0.466 e. The average Bonchev–Trinajstić information content (AvgIpc) is 2.15. The second-order valence-corrected chi connectivity index (χ2v) is 11.3. The summed E-state index contributed by atoms with van der Waals surface area (Å²) < 4.78 is 11.0. The molecule has 108 valence electrons. The highest BCUT2D eigenvalue weighted by Gasteiger charge is 2.36. The number of carbonyl (C=O) groups excluding carboxylic acids is 1. The second kappa shape index (κ2) is 7.29. The number of ether oxygens (including phenoxy) is 1. The van der Waals surface area contributed by atoms with E-state index in [1.807, 2.05) is 6.92 Å². The Morgan fingerprint density at radius 3 is 2.28 bits per heavy atom. The molecule has 0 aliphatic carbocycles. The van der Waals surface area contributed by atoms with Gasteiger partial charge < -0.3 is 9.16 Å². The Kier molecular flexibility index (Phi) is 7.15. The summed E-state index contributed by atoms with van der Waals surface area (Å²) in [5.41, 5.74) is 0. The summed E-state index contributed by atoms with van der Waals surface area (Å²) in [5.74, 6) is 0.228. The van der Waals surface area contributed by atoms with Crippen LogP contribution in [0.5, 0.6) is 0 Å². The zero-order valence-corrected chi connectivity index (χ0v) is 14.1. The van der Waals surface area contributed by atoms with E-state index in [-0.39, 0.29) is 11.0 Å². The predicted molar refractivity (Wildman–Crippen MR) is 78.2 cm³/mol. The maximum absolute atomic E-state index is 11.3. The van der Waals surface area contributed by atoms with Gasteiger partial charge in [0.25, 0.3) is 0 Å². The van der Waals surface area contributed by atoms with E-state index >= 15 is 0 Å². The molecule has 0 aromatic rings. The van der Waals surface area contributed by atoms with E-state index in [1.165, 1.54) is 0 Å². The van der Waals surface area contributed by atoms with E-state index in [4.69, 9.17) is 9.16 Å². The van der Waals surface area contributed by atoms with Crippen LogP contribution in [0, 0.1) is 5.92 Å². The number of hydrogen-bond donors (Lipinski definition) is 0. The molecule has 4 heteroatoms. The van der Waals surface area contributed by atoms with Gasteiger partial charge in [-0.1, -0.05) is 27.7 Å². The van der Waals surface area contributed by atoms with Gasteiger partial charge in [0.2, 0.25) is 0 Å². The highest BCUT2D eigenvalue weighted by molar-refractivity contribution is 6.74. The van der Waals surface area contributed by atoms with Crippen molar-refractivity contribution in [2.75, 3.05) is 13.2 Å². The van der Waals surface area contributed by atoms with Gasteiger partial charge in [0.05, 0.1) is 6.61 Å². The van der Waals surface area contributed by atoms with E-state index in [0.717, 1.165) is 13.0 Å². The lowest BCUT2D eigenvalue weighted by molar-refractivity contribution is -0.144. The van der Waals surface area contributed by atoms with Gasteiger partial charge in [-0.2, -0.15) is 0 Å². The Morgan fingerprint density at radius 2 is 1.83 bits per heavy atom. The molecule has 0 saturated carbocycles. The Hall–Kier alpha value is -0.353. The second-order valence-electron chi connectivity index (χ2n) is 6.51. The average molecular weight is 274 g/mol. The number of esters is 1. The predicted octanol–water partition coefficient (Wildman–Crippen LogP) is 3.99. The molecular formula is C14H30O3Si. The van der Waals surface area contributed by atoms with Crippen molar-refractivity contribution in [3.8, 4) is 0 Å². The molecule has 1 atom stereocenters. The summed E-state index contributed by atoms with van der Waals surface area (Å²) in [5, 5.41) is 0.247. The van der Waals surface area contributed by atoms with Gasteiger partial charge in [-0.15, -0.1) is 0 Å². The van der Waals surface area contributed by atoms with Crippen LogP contribution in [0.4, 0.5) is 0 Å². The Morgan fingerprint density at radius 1 is 1.28 bits per heavy atom. The molecule has 0 fully saturated rings. The van der Waals surface area contributed by atoms with Crippen LogP contribution in [0.3, 0.4) is 0 Å². The zero-order chi connectivity index (χ0) is 14.4. The molecule has 0 aromatic heterocycles. The van der Waals surface area contributed by atoms with Crippen molar-refractivity contribution in [3.05, 3.63) is 0 Å². The summed E-state index contributed by atoms with van der Waals surface area (Å²) >= 11 is 0. The first-order chi connectivity index (χ1) is 8.10. The Labute approximate surface area is 113 Å². The van der Waals surface area contributed by atoms with Crippen LogP contribution in [0.25, 0.3) is 0 Å². The summed E-state index contributed by atoms with van der Waals surface area (Å²) in [7, 11) is -1.64. The molecule has 18 heavy (non-hydrogen) atoms. The SMILES string of the molecule is CCOC(=O)C[C@H](C)CCO[Si](C)(C)C(C)(C)C. The molecular weight excluding hydrogens is 244 g/mol. The topological polar surface area (TPSA) is 35.5 Å². The molecule has 0 saturated heterocycles. The number of hydrogen-bond acceptors (Lipinski definition) is 3. The van der Waals surface area contributed by atoms with Crippen LogP contribution < -0.4 is 0 Å². The normalized spacial score (nSPS) is 14.4. The fourth-order valence-corrected chi connectivity index (χ4v) is 2.40. The van der Waals surface area contributed by atoms with Crippen molar-refractivity contribution < 1.29 is 14.0 Å². The van der Waals surface area contributed by atoms with E-state index in [9.17, 15) is 4.79 Å². The van der Waals surface area contributed by atoms with Gasteiger partial charge in [0, 0.05) is 13.0 Å². The van der Waals surface area contributed by atoms with Crippen LogP contribution in [0.15, 0.2) is 0 Å². The van der Waals surface area contributed by atoms with Crippen LogP contribution in [0.2, 0.25) is 18.1 Å². The number of rotatable bonds is 7. The standard InChI is InChI=1S/C14H30O3Si/c1-8-16-13(15)11-12(2)9-10-17-18(6,7)14(3,4)5/h12H,8-11H2,1-7H3/t12-/m1/s1. The summed E-state index contributed by atoms with van der Waals surface area (Å²) in [6.45, 7) is 16.3. The van der Waals surface area contributed by atoms with Gasteiger partial charge in [0.15, 0.2) is 8.32 Å². The van der Waals surface area contributed by atoms with Crippen molar-refractivity contribution in [2.45, 2.75) is 65.6 Å². The van der Waals surface area contributed by atoms with Gasteiger partial charge in [0.1, 0.15) is 0 Å². The first-order valence-electron chi connectivity index (χ1n) is 6.89. The van der Waals surface area contributed by atoms with Gasteiger partial charge in [-0.25, -0.2) is 0 Å². The van der Waals surface area contributed by atoms with Gasteiger partial charge in [-0.05, 0) is 37.4 Å². The molecule has 0 amide bonds. The monoisotopic (exact) mass is 274 g/mol. The van der Waals surface area contributed by atoms with Crippen molar-refractivity contribution in [1.29, 1.82) is 0 Å². The molecule has 0 unspecified atom stereocenters. The molecule has 0 bridgehead atoms. The van der Waals surface area contributed by atoms with Crippen molar-refractivity contribution in [2.24, 2.45) is 5.92 Å². The van der Waals surface area contributed by atoms with Crippen molar-refractivity contribution in [3.63, 3.8) is 0 Å². The summed E-state index contributed by atoms with van der Waals surface area (Å²) in [4.78, 5) is 11.3. The molecule has 0 aromatic carbocycles. The van der Waals surface area contributed by atoms with Gasteiger partial charge >= 0.3 is 5.97 Å². The highest BCUT2D eigenvalue weighted by atomic mass is 28.4. The van der Waals surface area contributed by atoms with E-state index in [1.54, 1.807) is 0 Å². The van der Waals surface area contributed by atoms with Crippen LogP contribution in [-0.4, -0.2) is 27.5 Å². The first-order valence-corrected chi connectivity index (χ1v) is 9.80. The molecule has 0 radical (unpaired) electrons. The minimum atomic E-state index is -1.64. The van der Waals surface area contributed by atoms with E-state index < -0.39 is 8.32 Å². The fourth-order valence-electron chi connectivity index (χ4n) is 1.34. The molecule has 0 heterocycles. The third-order valence-corrected chi connectivity index (χ3v) is 8.24. The molecule has 0 rings (SSSR count). The lowest BCUT2D eigenvalue weighted by atomic mass is 10.1. The molecule has 3 nitrogen and oxygen atoms in total. The van der Waals surface area contributed by atoms with E-state index in [2.05, 4.69) is 40.8 Å². The fraction of sp³-hybridized carbons (Fsp3) is 0.929. The van der Waals surface area contributed by atoms with Crippen molar-refractivity contribution >= 4 is 14.3 Å². The lowest BCUT2D eigenvalue weighted by Gasteiger charge is -2.36. The Bertz CT molecular complexity index is 256. The quantitative estimate of drug-likeness (QED) is 0.520. The van der Waals surface area contributed by atoms with Crippen molar-refractivity contribution in [1.82, 2.24) is 0 Å². The molecule has 0 spiro atoms. The van der Waals surface area contributed by atoms with Gasteiger partial charge in [-0.3, -0.25) is 4.79 Å². The maximum atomic E-state index is 11.3. The summed E-state index contributed by atoms with van der Waals surface area (Å²) in [6.07, 6.45) is 1.42. The van der Waals surface area contributed by atoms with Crippen LogP contribution >= 0.6 is 0 Å². The smallest absolute Gasteiger partial charge is 0.306 e. The van der Waals surface area contributed by atoms with Crippen LogP contribution in [0.1, 0.15) is 47.5 Å². The van der Waals surface area contributed by atoms with E-state index in [0.29, 0.717) is 18.9 Å². The molecule has 0 N–H and O–H groups in total. The summed E-state index contributed by atoms with van der Waals surface area (Å²) in [6, 6.07) is 0. The minimum absolute atomic E-state index is 0.0997.